The molecule has 0 saturated carbocycles. The molecule has 0 spiro atoms. The lowest BCUT2D eigenvalue weighted by atomic mass is 10.1. The van der Waals surface area contributed by atoms with E-state index in [1.54, 1.807) is 45.0 Å². The van der Waals surface area contributed by atoms with Crippen LogP contribution in [0.1, 0.15) is 33.3 Å². The van der Waals surface area contributed by atoms with Gasteiger partial charge in [0.1, 0.15) is 0 Å². The molecule has 1 aromatic rings. The highest BCUT2D eigenvalue weighted by molar-refractivity contribution is 7.89. The van der Waals surface area contributed by atoms with Crippen molar-refractivity contribution in [3.8, 4) is 0 Å². The van der Waals surface area contributed by atoms with Crippen LogP contribution in [0.15, 0.2) is 29.2 Å². The van der Waals surface area contributed by atoms with Crippen molar-refractivity contribution >= 4 is 20.0 Å². The van der Waals surface area contributed by atoms with E-state index in [2.05, 4.69) is 4.72 Å². The van der Waals surface area contributed by atoms with Gasteiger partial charge in [-0.25, -0.2) is 21.6 Å². The third kappa shape index (κ3) is 5.87. The van der Waals surface area contributed by atoms with Crippen molar-refractivity contribution in [2.45, 2.75) is 44.6 Å². The predicted molar refractivity (Wildman–Crippen MR) is 92.3 cm³/mol. The SMILES string of the molecule is CCc1ccc(S(=O)(=O)NCCN(C(C)(C)C)S(C)(=O)=O)cc1. The Morgan fingerprint density at radius 3 is 1.96 bits per heavy atom. The molecule has 0 radical (unpaired) electrons. The second kappa shape index (κ2) is 7.29. The molecule has 132 valence electrons. The van der Waals surface area contributed by atoms with Gasteiger partial charge in [-0.2, -0.15) is 4.31 Å². The van der Waals surface area contributed by atoms with Crippen molar-refractivity contribution in [2.75, 3.05) is 19.3 Å². The highest BCUT2D eigenvalue weighted by Gasteiger charge is 2.29. The monoisotopic (exact) mass is 362 g/mol. The molecule has 1 aromatic carbocycles. The number of aryl methyl sites for hydroxylation is 1. The normalized spacial score (nSPS) is 13.5. The van der Waals surface area contributed by atoms with Gasteiger partial charge in [-0.05, 0) is 44.9 Å². The van der Waals surface area contributed by atoms with Gasteiger partial charge in [0.2, 0.25) is 20.0 Å². The Kier molecular flexibility index (Phi) is 6.37. The smallest absolute Gasteiger partial charge is 0.212 e. The lowest BCUT2D eigenvalue weighted by Gasteiger charge is -2.33. The van der Waals surface area contributed by atoms with Crippen LogP contribution < -0.4 is 4.72 Å². The van der Waals surface area contributed by atoms with Crippen molar-refractivity contribution in [2.24, 2.45) is 0 Å². The molecule has 1 N–H and O–H groups in total. The molecule has 0 amide bonds. The first-order valence-electron chi connectivity index (χ1n) is 7.44. The number of nitrogens with one attached hydrogen (secondary N) is 1. The van der Waals surface area contributed by atoms with Crippen molar-refractivity contribution < 1.29 is 16.8 Å². The Morgan fingerprint density at radius 2 is 1.57 bits per heavy atom. The third-order valence-electron chi connectivity index (χ3n) is 3.40. The zero-order valence-electron chi connectivity index (χ0n) is 14.3. The predicted octanol–water partition coefficient (Wildman–Crippen LogP) is 1.59. The first-order valence-corrected chi connectivity index (χ1v) is 10.8. The van der Waals surface area contributed by atoms with Crippen LogP contribution in [0, 0.1) is 0 Å². The van der Waals surface area contributed by atoms with E-state index >= 15 is 0 Å². The van der Waals surface area contributed by atoms with Crippen molar-refractivity contribution in [1.82, 2.24) is 9.03 Å². The van der Waals surface area contributed by atoms with Gasteiger partial charge in [0.15, 0.2) is 0 Å². The summed E-state index contributed by atoms with van der Waals surface area (Å²) in [5, 5.41) is 0. The molecule has 0 bridgehead atoms. The molecule has 0 aliphatic carbocycles. The highest BCUT2D eigenvalue weighted by atomic mass is 32.2. The standard InChI is InChI=1S/C15H26N2O4S2/c1-6-13-7-9-14(10-8-13)23(20,21)16-11-12-17(15(2,3)4)22(5,18)19/h7-10,16H,6,11-12H2,1-5H3. The molecule has 8 heteroatoms. The topological polar surface area (TPSA) is 83.6 Å². The Morgan fingerprint density at radius 1 is 1.04 bits per heavy atom. The van der Waals surface area contributed by atoms with E-state index in [-0.39, 0.29) is 18.0 Å². The molecule has 0 atom stereocenters. The highest BCUT2D eigenvalue weighted by Crippen LogP contribution is 2.16. The van der Waals surface area contributed by atoms with E-state index in [1.807, 2.05) is 6.92 Å². The average Bonchev–Trinajstić information content (AvgIpc) is 2.41. The minimum Gasteiger partial charge on any atom is -0.212 e. The Labute approximate surface area is 140 Å². The molecule has 0 aliphatic heterocycles. The van der Waals surface area contributed by atoms with Crippen LogP contribution in [-0.2, 0) is 26.5 Å². The molecule has 1 rings (SSSR count). The van der Waals surface area contributed by atoms with Gasteiger partial charge >= 0.3 is 0 Å². The molecule has 6 nitrogen and oxygen atoms in total. The largest absolute Gasteiger partial charge is 0.240 e. The maximum absolute atomic E-state index is 12.2. The summed E-state index contributed by atoms with van der Waals surface area (Å²) in [6.45, 7) is 7.40. The molecule has 23 heavy (non-hydrogen) atoms. The summed E-state index contributed by atoms with van der Waals surface area (Å²) >= 11 is 0. The van der Waals surface area contributed by atoms with Crippen LogP contribution >= 0.6 is 0 Å². The number of hydrogen-bond acceptors (Lipinski definition) is 4. The molecule has 0 aromatic heterocycles. The van der Waals surface area contributed by atoms with Crippen molar-refractivity contribution in [3.05, 3.63) is 29.8 Å². The third-order valence-corrected chi connectivity index (χ3v) is 6.41. The second-order valence-corrected chi connectivity index (χ2v) is 10.1. The summed E-state index contributed by atoms with van der Waals surface area (Å²) in [6, 6.07) is 6.65. The summed E-state index contributed by atoms with van der Waals surface area (Å²) in [4.78, 5) is 0.177. The van der Waals surface area contributed by atoms with Crippen LogP contribution in [0.2, 0.25) is 0 Å². The molecule has 0 fully saturated rings. The van der Waals surface area contributed by atoms with E-state index in [0.29, 0.717) is 0 Å². The van der Waals surface area contributed by atoms with Gasteiger partial charge in [0, 0.05) is 18.6 Å². The van der Waals surface area contributed by atoms with Gasteiger partial charge < -0.3 is 0 Å². The van der Waals surface area contributed by atoms with Crippen molar-refractivity contribution in [1.29, 1.82) is 0 Å². The fourth-order valence-electron chi connectivity index (χ4n) is 2.27. The minimum absolute atomic E-state index is 0.0161. The Hall–Kier alpha value is -0.960. The van der Waals surface area contributed by atoms with E-state index in [0.717, 1.165) is 18.2 Å². The number of sulfonamides is 2. The summed E-state index contributed by atoms with van der Waals surface area (Å²) < 4.78 is 51.8. The number of rotatable bonds is 7. The van der Waals surface area contributed by atoms with Crippen molar-refractivity contribution in [3.63, 3.8) is 0 Å². The average molecular weight is 363 g/mol. The number of hydrogen-bond donors (Lipinski definition) is 1. The van der Waals surface area contributed by atoms with Crippen LogP contribution in [0.3, 0.4) is 0 Å². The van der Waals surface area contributed by atoms with E-state index in [1.165, 1.54) is 4.31 Å². The van der Waals surface area contributed by atoms with Gasteiger partial charge in [-0.15, -0.1) is 0 Å². The fourth-order valence-corrected chi connectivity index (χ4v) is 4.71. The van der Waals surface area contributed by atoms with E-state index in [9.17, 15) is 16.8 Å². The molecular weight excluding hydrogens is 336 g/mol. The van der Waals surface area contributed by atoms with E-state index in [4.69, 9.17) is 0 Å². The maximum Gasteiger partial charge on any atom is 0.240 e. The lowest BCUT2D eigenvalue weighted by molar-refractivity contribution is 0.254. The van der Waals surface area contributed by atoms with E-state index < -0.39 is 25.6 Å². The molecule has 0 aliphatic rings. The summed E-state index contributed by atoms with van der Waals surface area (Å²) in [5.41, 5.74) is 0.446. The van der Waals surface area contributed by atoms with Crippen LogP contribution in [-0.4, -0.2) is 46.0 Å². The van der Waals surface area contributed by atoms with Crippen LogP contribution in [0.4, 0.5) is 0 Å². The van der Waals surface area contributed by atoms with Crippen LogP contribution in [0.5, 0.6) is 0 Å². The lowest BCUT2D eigenvalue weighted by Crippen LogP contribution is -2.48. The Bertz CT molecular complexity index is 718. The molecule has 0 saturated heterocycles. The van der Waals surface area contributed by atoms with Gasteiger partial charge in [0.25, 0.3) is 0 Å². The van der Waals surface area contributed by atoms with Gasteiger partial charge in [-0.3, -0.25) is 0 Å². The summed E-state index contributed by atoms with van der Waals surface area (Å²) in [6.07, 6.45) is 1.96. The molecule has 0 heterocycles. The van der Waals surface area contributed by atoms with Crippen LogP contribution in [0.25, 0.3) is 0 Å². The number of nitrogens with zero attached hydrogens (tertiary/aromatic N) is 1. The first-order chi connectivity index (χ1) is 10.4. The molecular formula is C15H26N2O4S2. The maximum atomic E-state index is 12.2. The second-order valence-electron chi connectivity index (χ2n) is 6.40. The summed E-state index contributed by atoms with van der Waals surface area (Å²) in [5.74, 6) is 0. The Balaban J connectivity index is 2.79. The quantitative estimate of drug-likeness (QED) is 0.798. The zero-order valence-corrected chi connectivity index (χ0v) is 16.0. The first kappa shape index (κ1) is 20.1. The molecule has 0 unspecified atom stereocenters. The minimum atomic E-state index is -3.64. The zero-order chi connectivity index (χ0) is 17.9. The van der Waals surface area contributed by atoms with Gasteiger partial charge in [0.05, 0.1) is 11.2 Å². The fraction of sp³-hybridized carbons (Fsp3) is 0.600. The number of benzene rings is 1. The van der Waals surface area contributed by atoms with Gasteiger partial charge in [-0.1, -0.05) is 19.1 Å². The summed E-state index contributed by atoms with van der Waals surface area (Å²) in [7, 11) is -7.06.